The van der Waals surface area contributed by atoms with Gasteiger partial charge in [0.05, 0.1) is 6.10 Å². The second kappa shape index (κ2) is 10.1. The molecule has 0 rings (SSSR count). The Morgan fingerprint density at radius 1 is 0.812 bits per heavy atom. The Hall–Kier alpha value is -0.0400. The number of aliphatic hydroxyl groups excluding tert-OH is 1. The van der Waals surface area contributed by atoms with Crippen molar-refractivity contribution in [3.05, 3.63) is 0 Å². The minimum Gasteiger partial charge on any atom is -0.393 e. The molecule has 0 fully saturated rings. The quantitative estimate of drug-likeness (QED) is 0.533. The van der Waals surface area contributed by atoms with Gasteiger partial charge in [0.1, 0.15) is 0 Å². The highest BCUT2D eigenvalue weighted by Gasteiger charge is 2.06. The highest BCUT2D eigenvalue weighted by atomic mass is 16.3. The predicted octanol–water partition coefficient (Wildman–Crippen LogP) is 4.78. The van der Waals surface area contributed by atoms with Crippen molar-refractivity contribution in [1.82, 2.24) is 0 Å². The van der Waals surface area contributed by atoms with Crippen LogP contribution in [-0.4, -0.2) is 11.2 Å². The monoisotopic (exact) mass is 228 g/mol. The van der Waals surface area contributed by atoms with Crippen molar-refractivity contribution in [2.24, 2.45) is 11.8 Å². The van der Waals surface area contributed by atoms with Crippen LogP contribution in [0.1, 0.15) is 79.1 Å². The average Bonchev–Trinajstić information content (AvgIpc) is 2.20. The van der Waals surface area contributed by atoms with E-state index >= 15 is 0 Å². The van der Waals surface area contributed by atoms with E-state index in [1.807, 2.05) is 6.92 Å². The summed E-state index contributed by atoms with van der Waals surface area (Å²) < 4.78 is 0. The zero-order valence-corrected chi connectivity index (χ0v) is 11.8. The van der Waals surface area contributed by atoms with Crippen molar-refractivity contribution in [3.63, 3.8) is 0 Å². The lowest BCUT2D eigenvalue weighted by Crippen LogP contribution is -2.07. The topological polar surface area (TPSA) is 20.2 Å². The summed E-state index contributed by atoms with van der Waals surface area (Å²) in [5, 5.41) is 9.26. The smallest absolute Gasteiger partial charge is 0.0514 e. The molecule has 0 aliphatic carbocycles. The van der Waals surface area contributed by atoms with Crippen molar-refractivity contribution in [2.45, 2.75) is 85.2 Å². The van der Waals surface area contributed by atoms with Crippen molar-refractivity contribution in [1.29, 1.82) is 0 Å². The Balaban J connectivity index is 3.31. The first-order valence-electron chi connectivity index (χ1n) is 7.24. The van der Waals surface area contributed by atoms with Crippen LogP contribution in [0.3, 0.4) is 0 Å². The van der Waals surface area contributed by atoms with E-state index in [1.54, 1.807) is 0 Å². The molecule has 0 aromatic heterocycles. The number of hydrogen-bond acceptors (Lipinski definition) is 1. The van der Waals surface area contributed by atoms with Gasteiger partial charge in [-0.1, -0.05) is 65.7 Å². The lowest BCUT2D eigenvalue weighted by Gasteiger charge is -2.14. The van der Waals surface area contributed by atoms with Gasteiger partial charge in [-0.25, -0.2) is 0 Å². The summed E-state index contributed by atoms with van der Waals surface area (Å²) in [4.78, 5) is 0. The van der Waals surface area contributed by atoms with Gasteiger partial charge in [-0.05, 0) is 25.2 Å². The molecular formula is C15H32O. The van der Waals surface area contributed by atoms with E-state index in [0.29, 0.717) is 5.92 Å². The molecule has 0 saturated carbocycles. The van der Waals surface area contributed by atoms with E-state index in [0.717, 1.165) is 12.3 Å². The van der Waals surface area contributed by atoms with Crippen LogP contribution < -0.4 is 0 Å². The Morgan fingerprint density at radius 3 is 1.81 bits per heavy atom. The maximum atomic E-state index is 9.26. The van der Waals surface area contributed by atoms with Crippen LogP contribution in [0.2, 0.25) is 0 Å². The summed E-state index contributed by atoms with van der Waals surface area (Å²) in [6.07, 6.45) is 10.3. The minimum absolute atomic E-state index is 0.126. The molecule has 0 aliphatic rings. The van der Waals surface area contributed by atoms with Crippen LogP contribution >= 0.6 is 0 Å². The first-order valence-corrected chi connectivity index (χ1v) is 7.24. The number of aliphatic hydroxyl groups is 1. The van der Waals surface area contributed by atoms with Gasteiger partial charge in [0.25, 0.3) is 0 Å². The third-order valence-corrected chi connectivity index (χ3v) is 3.44. The van der Waals surface area contributed by atoms with Gasteiger partial charge < -0.3 is 5.11 Å². The Morgan fingerprint density at radius 2 is 1.31 bits per heavy atom. The van der Waals surface area contributed by atoms with Crippen LogP contribution in [0.5, 0.6) is 0 Å². The van der Waals surface area contributed by atoms with Crippen LogP contribution in [0.25, 0.3) is 0 Å². The summed E-state index contributed by atoms with van der Waals surface area (Å²) in [5.74, 6) is 1.60. The molecule has 0 heterocycles. The minimum atomic E-state index is -0.126. The third-order valence-electron chi connectivity index (χ3n) is 3.44. The molecule has 0 saturated heterocycles. The maximum Gasteiger partial charge on any atom is 0.0514 e. The molecule has 0 bridgehead atoms. The number of rotatable bonds is 10. The second-order valence-electron chi connectivity index (χ2n) is 5.72. The molecule has 98 valence electrons. The van der Waals surface area contributed by atoms with Gasteiger partial charge in [-0.3, -0.25) is 0 Å². The van der Waals surface area contributed by atoms with Crippen molar-refractivity contribution >= 4 is 0 Å². The standard InChI is InChI=1S/C15H32O/c1-5-6-9-13(2)10-7-8-11-14(3)12-15(4)16/h13-16H,5-12H2,1-4H3. The summed E-state index contributed by atoms with van der Waals surface area (Å²) in [6, 6.07) is 0. The molecule has 1 N–H and O–H groups in total. The van der Waals surface area contributed by atoms with Gasteiger partial charge in [-0.2, -0.15) is 0 Å². The molecule has 0 spiro atoms. The lowest BCUT2D eigenvalue weighted by atomic mass is 9.94. The third kappa shape index (κ3) is 10.5. The summed E-state index contributed by atoms with van der Waals surface area (Å²) in [5.41, 5.74) is 0. The fourth-order valence-electron chi connectivity index (χ4n) is 2.38. The van der Waals surface area contributed by atoms with E-state index in [4.69, 9.17) is 0 Å². The van der Waals surface area contributed by atoms with Crippen molar-refractivity contribution in [3.8, 4) is 0 Å². The highest BCUT2D eigenvalue weighted by molar-refractivity contribution is 4.59. The summed E-state index contributed by atoms with van der Waals surface area (Å²) in [6.45, 7) is 8.80. The average molecular weight is 228 g/mol. The zero-order valence-electron chi connectivity index (χ0n) is 11.8. The van der Waals surface area contributed by atoms with Gasteiger partial charge in [0.2, 0.25) is 0 Å². The Kier molecular flexibility index (Phi) is 10.1. The van der Waals surface area contributed by atoms with Crippen LogP contribution in [0.4, 0.5) is 0 Å². The lowest BCUT2D eigenvalue weighted by molar-refractivity contribution is 0.161. The molecule has 16 heavy (non-hydrogen) atoms. The molecule has 0 radical (unpaired) electrons. The van der Waals surface area contributed by atoms with Gasteiger partial charge in [0.15, 0.2) is 0 Å². The first kappa shape index (κ1) is 16.0. The normalized spacial score (nSPS) is 17.1. The van der Waals surface area contributed by atoms with E-state index < -0.39 is 0 Å². The molecule has 0 aliphatic heterocycles. The fourth-order valence-corrected chi connectivity index (χ4v) is 2.38. The molecule has 0 amide bonds. The second-order valence-corrected chi connectivity index (χ2v) is 5.72. The summed E-state index contributed by atoms with van der Waals surface area (Å²) >= 11 is 0. The molecule has 3 atom stereocenters. The highest BCUT2D eigenvalue weighted by Crippen LogP contribution is 2.19. The van der Waals surface area contributed by atoms with E-state index in [1.165, 1.54) is 44.9 Å². The molecule has 0 aromatic rings. The molecule has 1 heteroatoms. The van der Waals surface area contributed by atoms with Crippen molar-refractivity contribution < 1.29 is 5.11 Å². The number of hydrogen-bond donors (Lipinski definition) is 1. The first-order chi connectivity index (χ1) is 7.56. The van der Waals surface area contributed by atoms with Crippen LogP contribution in [0, 0.1) is 11.8 Å². The zero-order chi connectivity index (χ0) is 12.4. The molecule has 3 unspecified atom stereocenters. The molecule has 1 nitrogen and oxygen atoms in total. The largest absolute Gasteiger partial charge is 0.393 e. The van der Waals surface area contributed by atoms with E-state index in [2.05, 4.69) is 20.8 Å². The summed E-state index contributed by atoms with van der Waals surface area (Å²) in [7, 11) is 0. The maximum absolute atomic E-state index is 9.26. The SMILES string of the molecule is CCCCC(C)CCCCC(C)CC(C)O. The number of unbranched alkanes of at least 4 members (excludes halogenated alkanes) is 2. The van der Waals surface area contributed by atoms with Crippen molar-refractivity contribution in [2.75, 3.05) is 0 Å². The van der Waals surface area contributed by atoms with Gasteiger partial charge in [-0.15, -0.1) is 0 Å². The van der Waals surface area contributed by atoms with Gasteiger partial charge in [0, 0.05) is 0 Å². The molecular weight excluding hydrogens is 196 g/mol. The Bertz CT molecular complexity index is 142. The molecule has 0 aromatic carbocycles. The van der Waals surface area contributed by atoms with E-state index in [-0.39, 0.29) is 6.10 Å². The van der Waals surface area contributed by atoms with Crippen LogP contribution in [0.15, 0.2) is 0 Å². The van der Waals surface area contributed by atoms with E-state index in [9.17, 15) is 5.11 Å². The Labute approximate surface area is 103 Å². The van der Waals surface area contributed by atoms with Gasteiger partial charge >= 0.3 is 0 Å². The van der Waals surface area contributed by atoms with Crippen LogP contribution in [-0.2, 0) is 0 Å². The fraction of sp³-hybridized carbons (Fsp3) is 1.00. The predicted molar refractivity (Wildman–Crippen MR) is 72.6 cm³/mol.